The summed E-state index contributed by atoms with van der Waals surface area (Å²) in [6.45, 7) is 7.76. The maximum atomic E-state index is 12.2. The number of aliphatic hydroxyl groups excluding tert-OH is 1. The van der Waals surface area contributed by atoms with E-state index < -0.39 is 6.10 Å². The Morgan fingerprint density at radius 2 is 2.13 bits per heavy atom. The molecule has 2 aliphatic carbocycles. The summed E-state index contributed by atoms with van der Waals surface area (Å²) in [6, 6.07) is 3.98. The van der Waals surface area contributed by atoms with Gasteiger partial charge >= 0.3 is 0 Å². The van der Waals surface area contributed by atoms with Crippen molar-refractivity contribution in [1.82, 2.24) is 19.5 Å². The van der Waals surface area contributed by atoms with Gasteiger partial charge < -0.3 is 15.0 Å². The number of anilines is 1. The number of carbonyl (C=O) groups is 1. The number of hydrogen-bond acceptors (Lipinski definition) is 7. The van der Waals surface area contributed by atoms with Crippen LogP contribution in [0.15, 0.2) is 18.5 Å². The summed E-state index contributed by atoms with van der Waals surface area (Å²) < 4.78 is 1.93. The van der Waals surface area contributed by atoms with Gasteiger partial charge in [0.05, 0.1) is 23.4 Å². The second-order valence-electron chi connectivity index (χ2n) is 8.96. The Morgan fingerprint density at radius 3 is 2.77 bits per heavy atom. The molecule has 3 aromatic heterocycles. The monoisotopic (exact) mass is 435 g/mol. The van der Waals surface area contributed by atoms with Crippen molar-refractivity contribution < 1.29 is 9.90 Å². The van der Waals surface area contributed by atoms with E-state index in [0.29, 0.717) is 29.2 Å². The number of imidazole rings is 1. The lowest BCUT2D eigenvalue weighted by molar-refractivity contribution is -0.122. The zero-order valence-corrected chi connectivity index (χ0v) is 18.8. The van der Waals surface area contributed by atoms with E-state index in [4.69, 9.17) is 4.98 Å². The summed E-state index contributed by atoms with van der Waals surface area (Å²) in [4.78, 5) is 28.2. The minimum Gasteiger partial charge on any atom is -0.391 e. The van der Waals surface area contributed by atoms with Crippen LogP contribution < -0.4 is 5.32 Å². The zero-order valence-electron chi connectivity index (χ0n) is 18.0. The lowest BCUT2D eigenvalue weighted by atomic mass is 9.99. The summed E-state index contributed by atoms with van der Waals surface area (Å²) in [5, 5.41) is 14.1. The number of nitrogens with zero attached hydrogens (tertiary/aromatic N) is 4. The zero-order chi connectivity index (χ0) is 21.9. The fraction of sp³-hybridized carbons (Fsp3) is 0.478. The molecule has 2 saturated carbocycles. The van der Waals surface area contributed by atoms with E-state index in [1.54, 1.807) is 24.6 Å². The van der Waals surface area contributed by atoms with Crippen molar-refractivity contribution in [2.45, 2.75) is 58.7 Å². The van der Waals surface area contributed by atoms with Crippen molar-refractivity contribution in [3.63, 3.8) is 0 Å². The Morgan fingerprint density at radius 1 is 1.32 bits per heavy atom. The van der Waals surface area contributed by atoms with Crippen molar-refractivity contribution in [1.29, 1.82) is 0 Å². The Kier molecular flexibility index (Phi) is 4.65. The molecule has 160 valence electrons. The number of rotatable bonds is 4. The summed E-state index contributed by atoms with van der Waals surface area (Å²) >= 11 is 1.63. The van der Waals surface area contributed by atoms with Crippen LogP contribution >= 0.6 is 11.3 Å². The molecule has 0 aliphatic heterocycles. The highest BCUT2D eigenvalue weighted by Gasteiger charge is 2.68. The highest BCUT2D eigenvalue weighted by atomic mass is 32.1. The van der Waals surface area contributed by atoms with Crippen molar-refractivity contribution in [3.05, 3.63) is 34.0 Å². The van der Waals surface area contributed by atoms with Crippen molar-refractivity contribution >= 4 is 34.1 Å². The molecule has 2 N–H and O–H groups in total. The molecule has 2 fully saturated rings. The first-order chi connectivity index (χ1) is 14.8. The largest absolute Gasteiger partial charge is 0.391 e. The average molecular weight is 436 g/mol. The summed E-state index contributed by atoms with van der Waals surface area (Å²) in [5.41, 5.74) is 0.909. The molecule has 0 saturated heterocycles. The van der Waals surface area contributed by atoms with Gasteiger partial charge in [-0.05, 0) is 70.4 Å². The molecule has 3 heterocycles. The number of carbonyl (C=O) groups excluding carboxylic acids is 1. The first kappa shape index (κ1) is 20.2. The van der Waals surface area contributed by atoms with Gasteiger partial charge in [-0.2, -0.15) is 0 Å². The van der Waals surface area contributed by atoms with Crippen LogP contribution in [-0.4, -0.2) is 42.6 Å². The van der Waals surface area contributed by atoms with Gasteiger partial charge in [0.25, 0.3) is 0 Å². The number of fused-ring (bicyclic) bond motifs is 2. The number of aromatic nitrogens is 4. The fourth-order valence-corrected chi connectivity index (χ4v) is 5.61. The lowest BCUT2D eigenvalue weighted by Gasteiger charge is -2.19. The number of hydrogen-bond donors (Lipinski definition) is 2. The van der Waals surface area contributed by atoms with Gasteiger partial charge in [-0.25, -0.2) is 15.0 Å². The van der Waals surface area contributed by atoms with E-state index in [1.165, 1.54) is 4.88 Å². The van der Waals surface area contributed by atoms with Crippen LogP contribution in [0.1, 0.15) is 55.2 Å². The van der Waals surface area contributed by atoms with Crippen LogP contribution in [0, 0.1) is 30.1 Å². The number of aliphatic hydroxyl groups is 1. The molecule has 0 bridgehead atoms. The quantitative estimate of drug-likeness (QED) is 0.611. The molecular formula is C23H25N5O2S. The van der Waals surface area contributed by atoms with Gasteiger partial charge in [-0.3, -0.25) is 4.79 Å². The van der Waals surface area contributed by atoms with E-state index in [9.17, 15) is 9.90 Å². The molecular weight excluding hydrogens is 410 g/mol. The van der Waals surface area contributed by atoms with Gasteiger partial charge in [0.1, 0.15) is 5.78 Å². The van der Waals surface area contributed by atoms with E-state index in [1.807, 2.05) is 37.5 Å². The predicted molar refractivity (Wildman–Crippen MR) is 120 cm³/mol. The fourth-order valence-electron chi connectivity index (χ4n) is 4.89. The average Bonchev–Trinajstić information content (AvgIpc) is 2.99. The van der Waals surface area contributed by atoms with Gasteiger partial charge in [0, 0.05) is 16.3 Å². The van der Waals surface area contributed by atoms with Gasteiger partial charge in [-0.15, -0.1) is 11.3 Å². The lowest BCUT2D eigenvalue weighted by Crippen LogP contribution is -2.22. The van der Waals surface area contributed by atoms with Crippen molar-refractivity contribution in [2.75, 3.05) is 5.32 Å². The maximum absolute atomic E-state index is 12.2. The smallest absolute Gasteiger partial charge is 0.209 e. The third-order valence-corrected chi connectivity index (χ3v) is 7.34. The number of aryl methyl sites for hydroxylation is 1. The minimum absolute atomic E-state index is 0.123. The molecule has 2 aliphatic rings. The molecule has 31 heavy (non-hydrogen) atoms. The molecule has 0 spiro atoms. The molecule has 5 rings (SSSR count). The Labute approximate surface area is 184 Å². The third-order valence-electron chi connectivity index (χ3n) is 6.42. The van der Waals surface area contributed by atoms with E-state index >= 15 is 0 Å². The first-order valence-corrected chi connectivity index (χ1v) is 11.4. The summed E-state index contributed by atoms with van der Waals surface area (Å²) in [6.07, 6.45) is 2.44. The number of thiophene rings is 1. The summed E-state index contributed by atoms with van der Waals surface area (Å²) in [7, 11) is 0. The van der Waals surface area contributed by atoms with E-state index in [-0.39, 0.29) is 29.2 Å². The Hall–Kier alpha value is -2.76. The van der Waals surface area contributed by atoms with E-state index in [0.717, 1.165) is 11.3 Å². The molecule has 0 radical (unpaired) electrons. The highest BCUT2D eigenvalue weighted by molar-refractivity contribution is 7.12. The van der Waals surface area contributed by atoms with Crippen LogP contribution in [0.5, 0.6) is 0 Å². The van der Waals surface area contributed by atoms with Gasteiger partial charge in [0.15, 0.2) is 17.0 Å². The topological polar surface area (TPSA) is 92.9 Å². The molecule has 8 heteroatoms. The predicted octanol–water partition coefficient (Wildman–Crippen LogP) is 3.32. The SMILES string of the molecule is CC(=O)[C@@]12CC1[C@@H](n1cnc3c(NC(C)C)nc(C#Cc4ccc(C)s4)nc31)[C@H](O)C2. The van der Waals surface area contributed by atoms with Crippen LogP contribution in [0.4, 0.5) is 5.82 Å². The molecule has 0 aromatic carbocycles. The third kappa shape index (κ3) is 3.33. The maximum Gasteiger partial charge on any atom is 0.209 e. The molecule has 7 nitrogen and oxygen atoms in total. The van der Waals surface area contributed by atoms with Gasteiger partial charge in [0.2, 0.25) is 5.82 Å². The molecule has 1 unspecified atom stereocenters. The Balaban J connectivity index is 1.59. The summed E-state index contributed by atoms with van der Waals surface area (Å²) in [5.74, 6) is 7.56. The second-order valence-corrected chi connectivity index (χ2v) is 10.3. The van der Waals surface area contributed by atoms with Crippen molar-refractivity contribution in [3.8, 4) is 11.8 Å². The van der Waals surface area contributed by atoms with Crippen LogP contribution in [0.2, 0.25) is 0 Å². The normalized spacial score (nSPS) is 26.6. The van der Waals surface area contributed by atoms with Crippen LogP contribution in [-0.2, 0) is 4.79 Å². The minimum atomic E-state index is -0.597. The van der Waals surface area contributed by atoms with Crippen molar-refractivity contribution in [2.24, 2.45) is 11.3 Å². The number of Topliss-reactive ketones (excluding diaryl/α,β-unsaturated/α-hetero) is 1. The number of nitrogens with one attached hydrogen (secondary N) is 1. The standard InChI is InChI=1S/C23H25N5O2S/c1-12(2)25-21-19-22(27-18(26-21)8-7-15-6-5-13(3)31-15)28(11-24-19)20-16-9-23(16,14(4)29)10-17(20)30/h5-6,11-12,16-17,20,30H,9-10H2,1-4H3,(H,25,26,27)/t16?,17-,20-,23+/m1/s1. The van der Waals surface area contributed by atoms with Crippen LogP contribution in [0.3, 0.4) is 0 Å². The highest BCUT2D eigenvalue weighted by Crippen LogP contribution is 2.68. The second kappa shape index (κ2) is 7.14. The van der Waals surface area contributed by atoms with Crippen LogP contribution in [0.25, 0.3) is 11.2 Å². The van der Waals surface area contributed by atoms with E-state index in [2.05, 4.69) is 27.1 Å². The van der Waals surface area contributed by atoms with Gasteiger partial charge in [-0.1, -0.05) is 0 Å². The molecule has 0 amide bonds. The first-order valence-electron chi connectivity index (χ1n) is 10.6. The molecule has 4 atom stereocenters. The Bertz CT molecular complexity index is 1250. The number of ketones is 1. The molecule has 3 aromatic rings.